The van der Waals surface area contributed by atoms with E-state index in [2.05, 4.69) is 15.3 Å². The Bertz CT molecular complexity index is 537. The predicted octanol–water partition coefficient (Wildman–Crippen LogP) is 1.74. The topological polar surface area (TPSA) is 59.2 Å². The van der Waals surface area contributed by atoms with Gasteiger partial charge in [-0.3, -0.25) is 0 Å². The summed E-state index contributed by atoms with van der Waals surface area (Å²) in [4.78, 5) is 7.64. The molecule has 0 radical (unpaired) electrons. The van der Waals surface area contributed by atoms with E-state index in [0.29, 0.717) is 0 Å². The van der Waals surface area contributed by atoms with Gasteiger partial charge in [-0.2, -0.15) is 0 Å². The van der Waals surface area contributed by atoms with Crippen molar-refractivity contribution in [1.29, 1.82) is 0 Å². The average molecular weight is 261 g/mol. The molecule has 2 aromatic rings. The fraction of sp³-hybridized carbons (Fsp3) is 0.357. The number of H-pyrrole nitrogens is 1. The molecule has 2 rings (SSSR count). The van der Waals surface area contributed by atoms with Gasteiger partial charge in [-0.05, 0) is 24.7 Å². The number of ether oxygens (including phenoxy) is 2. The third kappa shape index (κ3) is 3.26. The third-order valence-electron chi connectivity index (χ3n) is 2.87. The van der Waals surface area contributed by atoms with Gasteiger partial charge < -0.3 is 19.8 Å². The maximum atomic E-state index is 5.29. The van der Waals surface area contributed by atoms with Gasteiger partial charge in [-0.1, -0.05) is 6.07 Å². The van der Waals surface area contributed by atoms with E-state index in [-0.39, 0.29) is 0 Å². The normalized spacial score (nSPS) is 10.5. The Hall–Kier alpha value is -2.01. The zero-order valence-electron chi connectivity index (χ0n) is 11.5. The monoisotopic (exact) mass is 261 g/mol. The summed E-state index contributed by atoms with van der Waals surface area (Å²) in [6, 6.07) is 5.90. The van der Waals surface area contributed by atoms with Crippen molar-refractivity contribution in [2.24, 2.45) is 0 Å². The Kier molecular flexibility index (Phi) is 4.41. The standard InChI is InChI=1S/C14H19N3O2/c1-15-8-11-9-16-14(17-11)7-10-4-5-12(18-2)13(6-10)19-3/h4-6,9,15H,7-8H2,1-3H3,(H,16,17). The maximum absolute atomic E-state index is 5.29. The number of nitrogens with one attached hydrogen (secondary N) is 2. The van der Waals surface area contributed by atoms with Crippen molar-refractivity contribution in [3.05, 3.63) is 41.5 Å². The highest BCUT2D eigenvalue weighted by atomic mass is 16.5. The molecule has 0 unspecified atom stereocenters. The van der Waals surface area contributed by atoms with E-state index >= 15 is 0 Å². The first-order valence-corrected chi connectivity index (χ1v) is 6.15. The van der Waals surface area contributed by atoms with E-state index in [1.807, 2.05) is 31.4 Å². The lowest BCUT2D eigenvalue weighted by Crippen LogP contribution is -2.05. The van der Waals surface area contributed by atoms with E-state index in [0.717, 1.165) is 41.5 Å². The van der Waals surface area contributed by atoms with Gasteiger partial charge in [0.1, 0.15) is 5.82 Å². The number of benzene rings is 1. The van der Waals surface area contributed by atoms with Crippen LogP contribution in [0.4, 0.5) is 0 Å². The molecule has 1 aromatic heterocycles. The van der Waals surface area contributed by atoms with E-state index in [4.69, 9.17) is 9.47 Å². The number of aromatic amines is 1. The van der Waals surface area contributed by atoms with E-state index in [1.54, 1.807) is 14.2 Å². The summed E-state index contributed by atoms with van der Waals surface area (Å²) in [5.41, 5.74) is 2.21. The minimum atomic E-state index is 0.738. The maximum Gasteiger partial charge on any atom is 0.161 e. The van der Waals surface area contributed by atoms with Crippen molar-refractivity contribution in [3.8, 4) is 11.5 Å². The van der Waals surface area contributed by atoms with Crippen LogP contribution in [0.15, 0.2) is 24.4 Å². The van der Waals surface area contributed by atoms with Crippen LogP contribution in [0.2, 0.25) is 0 Å². The van der Waals surface area contributed by atoms with Gasteiger partial charge in [-0.25, -0.2) is 4.98 Å². The first-order chi connectivity index (χ1) is 9.26. The van der Waals surface area contributed by atoms with E-state index in [1.165, 1.54) is 0 Å². The average Bonchev–Trinajstić information content (AvgIpc) is 2.86. The summed E-state index contributed by atoms with van der Waals surface area (Å²) in [5, 5.41) is 3.09. The number of hydrogen-bond donors (Lipinski definition) is 2. The number of nitrogens with zero attached hydrogens (tertiary/aromatic N) is 1. The molecular weight excluding hydrogens is 242 g/mol. The van der Waals surface area contributed by atoms with Crippen molar-refractivity contribution in [2.75, 3.05) is 21.3 Å². The number of imidazole rings is 1. The highest BCUT2D eigenvalue weighted by Crippen LogP contribution is 2.28. The molecule has 19 heavy (non-hydrogen) atoms. The van der Waals surface area contributed by atoms with Crippen LogP contribution in [-0.2, 0) is 13.0 Å². The number of methoxy groups -OCH3 is 2. The van der Waals surface area contributed by atoms with Crippen LogP contribution in [0.1, 0.15) is 17.1 Å². The minimum absolute atomic E-state index is 0.738. The van der Waals surface area contributed by atoms with Gasteiger partial charge >= 0.3 is 0 Å². The van der Waals surface area contributed by atoms with Gasteiger partial charge in [0, 0.05) is 24.9 Å². The smallest absolute Gasteiger partial charge is 0.161 e. The Labute approximate surface area is 113 Å². The van der Waals surface area contributed by atoms with Gasteiger partial charge in [0.15, 0.2) is 11.5 Å². The fourth-order valence-electron chi connectivity index (χ4n) is 1.96. The molecule has 2 N–H and O–H groups in total. The van der Waals surface area contributed by atoms with Crippen molar-refractivity contribution < 1.29 is 9.47 Å². The minimum Gasteiger partial charge on any atom is -0.493 e. The Morgan fingerprint density at radius 3 is 2.68 bits per heavy atom. The highest BCUT2D eigenvalue weighted by molar-refractivity contribution is 5.43. The zero-order valence-corrected chi connectivity index (χ0v) is 11.5. The van der Waals surface area contributed by atoms with Crippen LogP contribution in [-0.4, -0.2) is 31.2 Å². The summed E-state index contributed by atoms with van der Waals surface area (Å²) >= 11 is 0. The molecule has 1 heterocycles. The second-order valence-electron chi connectivity index (χ2n) is 4.25. The Morgan fingerprint density at radius 1 is 1.21 bits per heavy atom. The highest BCUT2D eigenvalue weighted by Gasteiger charge is 2.07. The van der Waals surface area contributed by atoms with Crippen LogP contribution in [0, 0.1) is 0 Å². The first-order valence-electron chi connectivity index (χ1n) is 6.15. The van der Waals surface area contributed by atoms with E-state index in [9.17, 15) is 0 Å². The van der Waals surface area contributed by atoms with Gasteiger partial charge in [0.2, 0.25) is 0 Å². The molecule has 0 saturated heterocycles. The molecule has 0 aliphatic rings. The first kappa shape index (κ1) is 13.4. The molecule has 5 heteroatoms. The van der Waals surface area contributed by atoms with Crippen LogP contribution < -0.4 is 14.8 Å². The Balaban J connectivity index is 2.13. The zero-order chi connectivity index (χ0) is 13.7. The van der Waals surface area contributed by atoms with Gasteiger partial charge in [0.25, 0.3) is 0 Å². The quantitative estimate of drug-likeness (QED) is 0.831. The van der Waals surface area contributed by atoms with Crippen LogP contribution in [0.5, 0.6) is 11.5 Å². The number of rotatable bonds is 6. The van der Waals surface area contributed by atoms with Crippen LogP contribution >= 0.6 is 0 Å². The molecular formula is C14H19N3O2. The lowest BCUT2D eigenvalue weighted by atomic mass is 10.1. The second-order valence-corrected chi connectivity index (χ2v) is 4.25. The van der Waals surface area contributed by atoms with E-state index < -0.39 is 0 Å². The number of aromatic nitrogens is 2. The van der Waals surface area contributed by atoms with Crippen LogP contribution in [0.3, 0.4) is 0 Å². The largest absolute Gasteiger partial charge is 0.493 e. The molecule has 0 fully saturated rings. The molecule has 0 amide bonds. The lowest BCUT2D eigenvalue weighted by Gasteiger charge is -2.08. The summed E-state index contributed by atoms with van der Waals surface area (Å²) in [7, 11) is 5.18. The Morgan fingerprint density at radius 2 is 2.00 bits per heavy atom. The van der Waals surface area contributed by atoms with Gasteiger partial charge in [-0.15, -0.1) is 0 Å². The molecule has 0 atom stereocenters. The fourth-order valence-corrected chi connectivity index (χ4v) is 1.96. The van der Waals surface area contributed by atoms with Crippen molar-refractivity contribution >= 4 is 0 Å². The molecule has 5 nitrogen and oxygen atoms in total. The molecule has 102 valence electrons. The van der Waals surface area contributed by atoms with Crippen LogP contribution in [0.25, 0.3) is 0 Å². The summed E-state index contributed by atoms with van der Waals surface area (Å²) in [6.07, 6.45) is 2.59. The molecule has 1 aromatic carbocycles. The molecule has 0 aliphatic heterocycles. The summed E-state index contributed by atoms with van der Waals surface area (Å²) in [5.74, 6) is 2.42. The van der Waals surface area contributed by atoms with Gasteiger partial charge in [0.05, 0.1) is 14.2 Å². The lowest BCUT2D eigenvalue weighted by molar-refractivity contribution is 0.354. The third-order valence-corrected chi connectivity index (χ3v) is 2.87. The van der Waals surface area contributed by atoms with Crippen molar-refractivity contribution in [1.82, 2.24) is 15.3 Å². The summed E-state index contributed by atoms with van der Waals surface area (Å²) in [6.45, 7) is 0.791. The van der Waals surface area contributed by atoms with Crippen molar-refractivity contribution in [3.63, 3.8) is 0 Å². The molecule has 0 aliphatic carbocycles. The van der Waals surface area contributed by atoms with Crippen molar-refractivity contribution in [2.45, 2.75) is 13.0 Å². The molecule has 0 saturated carbocycles. The summed E-state index contributed by atoms with van der Waals surface area (Å²) < 4.78 is 10.5. The molecule has 0 bridgehead atoms. The molecule has 0 spiro atoms. The predicted molar refractivity (Wildman–Crippen MR) is 73.7 cm³/mol. The second kappa shape index (κ2) is 6.24. The SMILES string of the molecule is CNCc1cnc(Cc2ccc(OC)c(OC)c2)[nH]1. The number of hydrogen-bond acceptors (Lipinski definition) is 4.